The van der Waals surface area contributed by atoms with E-state index in [1.54, 1.807) is 0 Å². The Hall–Kier alpha value is -2.54. The van der Waals surface area contributed by atoms with E-state index in [9.17, 15) is 0 Å². The van der Waals surface area contributed by atoms with Crippen LogP contribution in [0.25, 0.3) is 33.1 Å². The quantitative estimate of drug-likeness (QED) is 0.435. The largest absolute Gasteiger partial charge is 0.456 e. The fourth-order valence-electron chi connectivity index (χ4n) is 2.81. The van der Waals surface area contributed by atoms with Gasteiger partial charge < -0.3 is 4.42 Å². The number of hydrogen-bond donors (Lipinski definition) is 0. The molecule has 0 saturated heterocycles. The van der Waals surface area contributed by atoms with Crippen molar-refractivity contribution in [2.45, 2.75) is 6.92 Å². The molecule has 0 bridgehead atoms. The molecule has 20 heavy (non-hydrogen) atoms. The molecule has 0 atom stereocenters. The number of hydrogen-bond acceptors (Lipinski definition) is 1. The topological polar surface area (TPSA) is 13.1 Å². The minimum atomic E-state index is 0.951. The summed E-state index contributed by atoms with van der Waals surface area (Å²) in [7, 11) is 0. The van der Waals surface area contributed by atoms with E-state index < -0.39 is 0 Å². The van der Waals surface area contributed by atoms with Gasteiger partial charge in [0.2, 0.25) is 0 Å². The van der Waals surface area contributed by atoms with Crippen molar-refractivity contribution < 1.29 is 4.42 Å². The molecule has 0 radical (unpaired) electrons. The third-order valence-corrected chi connectivity index (χ3v) is 3.81. The van der Waals surface area contributed by atoms with Crippen LogP contribution in [0.5, 0.6) is 0 Å². The zero-order valence-electron chi connectivity index (χ0n) is 11.3. The van der Waals surface area contributed by atoms with E-state index in [0.717, 1.165) is 11.2 Å². The lowest BCUT2D eigenvalue weighted by Crippen LogP contribution is -1.82. The summed E-state index contributed by atoms with van der Waals surface area (Å²) in [5.74, 6) is 0. The monoisotopic (exact) mass is 258 g/mol. The summed E-state index contributed by atoms with van der Waals surface area (Å²) in [5, 5.41) is 2.38. The molecular weight excluding hydrogens is 244 g/mol. The van der Waals surface area contributed by atoms with Crippen molar-refractivity contribution in [1.29, 1.82) is 0 Å². The molecule has 0 aliphatic heterocycles. The molecule has 0 saturated carbocycles. The van der Waals surface area contributed by atoms with Crippen molar-refractivity contribution in [3.05, 3.63) is 72.3 Å². The van der Waals surface area contributed by atoms with Crippen LogP contribution in [0, 0.1) is 6.92 Å². The molecule has 0 amide bonds. The second kappa shape index (κ2) is 4.24. The summed E-state index contributed by atoms with van der Waals surface area (Å²) in [6.45, 7) is 2.16. The molecule has 4 aromatic rings. The summed E-state index contributed by atoms with van der Waals surface area (Å²) in [6.07, 6.45) is 0. The molecule has 1 nitrogen and oxygen atoms in total. The van der Waals surface area contributed by atoms with Crippen molar-refractivity contribution >= 4 is 21.9 Å². The first-order valence-corrected chi connectivity index (χ1v) is 6.80. The number of rotatable bonds is 1. The maximum absolute atomic E-state index is 5.97. The SMILES string of the molecule is Cc1cc2c(cc1-c1ccccc1)oc1ccccc12. The van der Waals surface area contributed by atoms with Crippen LogP contribution in [0.2, 0.25) is 0 Å². The third kappa shape index (κ3) is 1.64. The van der Waals surface area contributed by atoms with Crippen LogP contribution in [0.1, 0.15) is 5.56 Å². The Morgan fingerprint density at radius 3 is 2.30 bits per heavy atom. The molecule has 1 heteroatoms. The molecule has 96 valence electrons. The predicted octanol–water partition coefficient (Wildman–Crippen LogP) is 5.56. The highest BCUT2D eigenvalue weighted by molar-refractivity contribution is 6.06. The van der Waals surface area contributed by atoms with Crippen molar-refractivity contribution in [1.82, 2.24) is 0 Å². The fourth-order valence-corrected chi connectivity index (χ4v) is 2.81. The van der Waals surface area contributed by atoms with E-state index >= 15 is 0 Å². The van der Waals surface area contributed by atoms with Gasteiger partial charge in [0.25, 0.3) is 0 Å². The third-order valence-electron chi connectivity index (χ3n) is 3.81. The van der Waals surface area contributed by atoms with Crippen LogP contribution in [0.15, 0.2) is 71.1 Å². The first kappa shape index (κ1) is 11.3. The van der Waals surface area contributed by atoms with Crippen LogP contribution in [0.3, 0.4) is 0 Å². The molecule has 1 heterocycles. The zero-order valence-corrected chi connectivity index (χ0v) is 11.3. The molecule has 0 spiro atoms. The molecule has 3 aromatic carbocycles. The highest BCUT2D eigenvalue weighted by atomic mass is 16.3. The highest BCUT2D eigenvalue weighted by Crippen LogP contribution is 2.34. The predicted molar refractivity (Wildman–Crippen MR) is 83.9 cm³/mol. The summed E-state index contributed by atoms with van der Waals surface area (Å²) >= 11 is 0. The second-order valence-corrected chi connectivity index (χ2v) is 5.13. The molecular formula is C19H14O. The first-order valence-electron chi connectivity index (χ1n) is 6.80. The lowest BCUT2D eigenvalue weighted by molar-refractivity contribution is 0.669. The summed E-state index contributed by atoms with van der Waals surface area (Å²) in [4.78, 5) is 0. The van der Waals surface area contributed by atoms with Gasteiger partial charge in [0, 0.05) is 10.8 Å². The lowest BCUT2D eigenvalue weighted by atomic mass is 9.98. The average molecular weight is 258 g/mol. The lowest BCUT2D eigenvalue weighted by Gasteiger charge is -2.05. The molecule has 0 unspecified atom stereocenters. The van der Waals surface area contributed by atoms with E-state index in [1.165, 1.54) is 27.5 Å². The maximum Gasteiger partial charge on any atom is 0.136 e. The van der Waals surface area contributed by atoms with Crippen molar-refractivity contribution in [2.24, 2.45) is 0 Å². The minimum absolute atomic E-state index is 0.951. The number of aryl methyl sites for hydroxylation is 1. The van der Waals surface area contributed by atoms with E-state index in [4.69, 9.17) is 4.42 Å². The zero-order chi connectivity index (χ0) is 13.5. The second-order valence-electron chi connectivity index (χ2n) is 5.13. The maximum atomic E-state index is 5.97. The van der Waals surface area contributed by atoms with Crippen LogP contribution in [-0.2, 0) is 0 Å². The summed E-state index contributed by atoms with van der Waals surface area (Å²) < 4.78 is 5.97. The molecule has 0 N–H and O–H groups in total. The van der Waals surface area contributed by atoms with Gasteiger partial charge in [-0.25, -0.2) is 0 Å². The van der Waals surface area contributed by atoms with Gasteiger partial charge in [0.05, 0.1) is 0 Å². The number of furan rings is 1. The van der Waals surface area contributed by atoms with Crippen molar-refractivity contribution in [3.63, 3.8) is 0 Å². The fraction of sp³-hybridized carbons (Fsp3) is 0.0526. The van der Waals surface area contributed by atoms with Crippen LogP contribution in [0.4, 0.5) is 0 Å². The Kier molecular flexibility index (Phi) is 2.40. The van der Waals surface area contributed by atoms with E-state index in [1.807, 2.05) is 18.2 Å². The standard InChI is InChI=1S/C19H14O/c1-13-11-17-15-9-5-6-10-18(15)20-19(17)12-16(13)14-7-3-2-4-8-14/h2-12H,1H3. The Labute approximate surface area is 117 Å². The Bertz CT molecular complexity index is 901. The molecule has 0 fully saturated rings. The molecule has 4 rings (SSSR count). The van der Waals surface area contributed by atoms with Crippen molar-refractivity contribution in [3.8, 4) is 11.1 Å². The van der Waals surface area contributed by atoms with Gasteiger partial charge in [0.15, 0.2) is 0 Å². The van der Waals surface area contributed by atoms with Gasteiger partial charge in [0.1, 0.15) is 11.2 Å². The number of fused-ring (bicyclic) bond motifs is 3. The minimum Gasteiger partial charge on any atom is -0.456 e. The smallest absolute Gasteiger partial charge is 0.136 e. The van der Waals surface area contributed by atoms with Gasteiger partial charge in [-0.3, -0.25) is 0 Å². The van der Waals surface area contributed by atoms with Crippen LogP contribution < -0.4 is 0 Å². The van der Waals surface area contributed by atoms with E-state index in [2.05, 4.69) is 55.5 Å². The van der Waals surface area contributed by atoms with Gasteiger partial charge in [-0.05, 0) is 41.8 Å². The Balaban J connectivity index is 2.05. The summed E-state index contributed by atoms with van der Waals surface area (Å²) in [5.41, 5.74) is 5.64. The van der Waals surface area contributed by atoms with Crippen LogP contribution >= 0.6 is 0 Å². The number of benzene rings is 3. The van der Waals surface area contributed by atoms with Crippen LogP contribution in [-0.4, -0.2) is 0 Å². The van der Waals surface area contributed by atoms with Gasteiger partial charge in [-0.1, -0.05) is 48.5 Å². The van der Waals surface area contributed by atoms with Gasteiger partial charge in [-0.15, -0.1) is 0 Å². The van der Waals surface area contributed by atoms with E-state index in [-0.39, 0.29) is 0 Å². The average Bonchev–Trinajstić information content (AvgIpc) is 2.85. The summed E-state index contributed by atoms with van der Waals surface area (Å²) in [6, 6.07) is 23.0. The molecule has 0 aliphatic carbocycles. The Morgan fingerprint density at radius 1 is 0.700 bits per heavy atom. The van der Waals surface area contributed by atoms with Gasteiger partial charge >= 0.3 is 0 Å². The molecule has 0 aliphatic rings. The van der Waals surface area contributed by atoms with Crippen molar-refractivity contribution in [2.75, 3.05) is 0 Å². The number of para-hydroxylation sites is 1. The van der Waals surface area contributed by atoms with Gasteiger partial charge in [-0.2, -0.15) is 0 Å². The normalized spacial score (nSPS) is 11.2. The highest BCUT2D eigenvalue weighted by Gasteiger charge is 2.10. The Morgan fingerprint density at radius 2 is 1.45 bits per heavy atom. The first-order chi connectivity index (χ1) is 9.83. The van der Waals surface area contributed by atoms with E-state index in [0.29, 0.717) is 0 Å². The molecule has 1 aromatic heterocycles.